The van der Waals surface area contributed by atoms with Gasteiger partial charge in [0.1, 0.15) is 30.1 Å². The van der Waals surface area contributed by atoms with Crippen LogP contribution in [0.5, 0.6) is 0 Å². The van der Waals surface area contributed by atoms with E-state index in [1.165, 1.54) is 0 Å². The van der Waals surface area contributed by atoms with E-state index in [-0.39, 0.29) is 31.1 Å². The number of benzene rings is 1. The highest BCUT2D eigenvalue weighted by Crippen LogP contribution is 2.31. The fourth-order valence-corrected chi connectivity index (χ4v) is 4.70. The second-order valence-corrected chi connectivity index (χ2v) is 11.1. The molecule has 1 aromatic carbocycles. The van der Waals surface area contributed by atoms with Gasteiger partial charge in [-0.3, -0.25) is 23.7 Å². The summed E-state index contributed by atoms with van der Waals surface area (Å²) in [5.41, 5.74) is 5.05. The summed E-state index contributed by atoms with van der Waals surface area (Å²) in [5.74, 6) is -2.99. The Balaban J connectivity index is 1.62. The van der Waals surface area contributed by atoms with E-state index in [0.29, 0.717) is 4.57 Å². The van der Waals surface area contributed by atoms with E-state index in [2.05, 4.69) is 26.3 Å². The summed E-state index contributed by atoms with van der Waals surface area (Å²) >= 11 is 0. The van der Waals surface area contributed by atoms with Crippen molar-refractivity contribution in [3.63, 3.8) is 0 Å². The number of aliphatic hydroxyl groups is 2. The molecule has 1 fully saturated rings. The number of carbonyl (C=O) groups excluding carboxylic acids is 4. The third-order valence-electron chi connectivity index (χ3n) is 7.03. The zero-order chi connectivity index (χ0) is 34.0. The monoisotopic (exact) mass is 651 g/mol. The molecule has 3 rings (SSSR count). The minimum Gasteiger partial charge on any atom is -0.394 e. The first-order chi connectivity index (χ1) is 21.8. The molecule has 1 saturated heterocycles. The minimum atomic E-state index is -2.45. The van der Waals surface area contributed by atoms with Crippen molar-refractivity contribution in [1.29, 1.82) is 0 Å². The van der Waals surface area contributed by atoms with Crippen molar-refractivity contribution in [2.24, 2.45) is 11.7 Å². The Morgan fingerprint density at radius 2 is 1.72 bits per heavy atom. The molecule has 0 spiro atoms. The first-order valence-corrected chi connectivity index (χ1v) is 14.6. The summed E-state index contributed by atoms with van der Waals surface area (Å²) < 4.78 is 34.4. The molecular formula is C29H39F2N7O8. The lowest BCUT2D eigenvalue weighted by Gasteiger charge is -2.38. The average Bonchev–Trinajstić information content (AvgIpc) is 3.02. The zero-order valence-corrected chi connectivity index (χ0v) is 25.3. The average molecular weight is 652 g/mol. The molecule has 46 heavy (non-hydrogen) atoms. The van der Waals surface area contributed by atoms with Crippen LogP contribution in [0.4, 0.5) is 14.6 Å². The number of halogens is 2. The highest BCUT2D eigenvalue weighted by molar-refractivity contribution is 5.96. The summed E-state index contributed by atoms with van der Waals surface area (Å²) in [5, 5.41) is 28.9. The number of aromatic nitrogens is 2. The van der Waals surface area contributed by atoms with E-state index in [9.17, 15) is 43.0 Å². The number of hydrogen-bond acceptors (Lipinski definition) is 10. The fraction of sp³-hybridized carbons (Fsp3) is 0.517. The maximum atomic E-state index is 14.5. The van der Waals surface area contributed by atoms with Gasteiger partial charge in [0.05, 0.1) is 19.7 Å². The molecule has 0 radical (unpaired) electrons. The second-order valence-electron chi connectivity index (χ2n) is 11.1. The molecule has 17 heteroatoms. The van der Waals surface area contributed by atoms with Gasteiger partial charge < -0.3 is 42.0 Å². The number of carbonyl (C=O) groups is 4. The van der Waals surface area contributed by atoms with Gasteiger partial charge in [-0.05, 0) is 24.0 Å². The van der Waals surface area contributed by atoms with Crippen LogP contribution in [0.3, 0.4) is 0 Å². The van der Waals surface area contributed by atoms with Gasteiger partial charge in [-0.25, -0.2) is 13.6 Å². The van der Waals surface area contributed by atoms with Gasteiger partial charge in [0.15, 0.2) is 18.6 Å². The predicted molar refractivity (Wildman–Crippen MR) is 159 cm³/mol. The predicted octanol–water partition coefficient (Wildman–Crippen LogP) is -1.56. The number of nitrogens with one attached hydrogen (secondary N) is 4. The maximum Gasteiger partial charge on any atom is 0.351 e. The Labute approximate surface area is 262 Å². The number of alkyl halides is 2. The highest BCUT2D eigenvalue weighted by Gasteiger charge is 2.47. The molecule has 1 aliphatic rings. The third-order valence-corrected chi connectivity index (χ3v) is 7.03. The van der Waals surface area contributed by atoms with E-state index in [0.717, 1.165) is 17.8 Å². The molecule has 1 aliphatic heterocycles. The van der Waals surface area contributed by atoms with Gasteiger partial charge in [-0.15, -0.1) is 0 Å². The van der Waals surface area contributed by atoms with Crippen LogP contribution in [0.1, 0.15) is 32.1 Å². The van der Waals surface area contributed by atoms with E-state index >= 15 is 0 Å². The number of rotatable bonds is 14. The summed E-state index contributed by atoms with van der Waals surface area (Å²) in [6.07, 6.45) is -8.80. The number of anilines is 1. The van der Waals surface area contributed by atoms with Gasteiger partial charge in [0, 0.05) is 12.6 Å². The largest absolute Gasteiger partial charge is 0.394 e. The first kappa shape index (κ1) is 36.2. The van der Waals surface area contributed by atoms with E-state index in [1.807, 2.05) is 13.8 Å². The summed E-state index contributed by atoms with van der Waals surface area (Å²) in [4.78, 5) is 66.9. The number of amides is 4. The number of ether oxygens (including phenoxy) is 1. The van der Waals surface area contributed by atoms with Gasteiger partial charge in [0.25, 0.3) is 0 Å². The molecule has 2 heterocycles. The van der Waals surface area contributed by atoms with Gasteiger partial charge in [0.2, 0.25) is 23.6 Å². The molecular weight excluding hydrogens is 612 g/mol. The maximum absolute atomic E-state index is 14.5. The van der Waals surface area contributed by atoms with Crippen molar-refractivity contribution >= 4 is 29.4 Å². The zero-order valence-electron chi connectivity index (χ0n) is 25.3. The SMILES string of the molecule is CC(C)CC(NC(=O)C(Cc1ccccc1)NC(=O)CN)C(=O)NCC(=O)Nc1ccn(C2OC(CO)C(O)C(F)C2F)c(=O)n1. The van der Waals surface area contributed by atoms with Crippen LogP contribution >= 0.6 is 0 Å². The molecule has 0 bridgehead atoms. The topological polar surface area (TPSA) is 227 Å². The van der Waals surface area contributed by atoms with Gasteiger partial charge in [-0.1, -0.05) is 44.2 Å². The van der Waals surface area contributed by atoms with Crippen LogP contribution in [0.15, 0.2) is 47.4 Å². The molecule has 0 saturated carbocycles. The minimum absolute atomic E-state index is 0.0487. The number of nitrogens with two attached hydrogens (primary N) is 1. The molecule has 0 aliphatic carbocycles. The Kier molecular flexibility index (Phi) is 13.2. The lowest BCUT2D eigenvalue weighted by Crippen LogP contribution is -2.55. The van der Waals surface area contributed by atoms with Gasteiger partial charge in [-0.2, -0.15) is 4.98 Å². The highest BCUT2D eigenvalue weighted by atomic mass is 19.2. The van der Waals surface area contributed by atoms with E-state index < -0.39 is 85.3 Å². The molecule has 4 amide bonds. The second kappa shape index (κ2) is 16.8. The Morgan fingerprint density at radius 1 is 1.02 bits per heavy atom. The van der Waals surface area contributed by atoms with Crippen molar-refractivity contribution in [2.75, 3.05) is 25.0 Å². The van der Waals surface area contributed by atoms with Crippen LogP contribution in [-0.4, -0.2) is 99.7 Å². The molecule has 7 atom stereocenters. The molecule has 1 aromatic heterocycles. The molecule has 8 N–H and O–H groups in total. The standard InChI is InChI=1S/C29H39F2N7O8/c1-15(2)10-17(35-27(44)18(34-21(40)12-32)11-16-6-4-3-5-7-16)26(43)33-13-22(41)36-20-8-9-38(29(45)37-20)28-24(31)23(30)25(42)19(14-39)46-28/h3-9,15,17-19,23-25,28,39,42H,10-14,32H2,1-2H3,(H,33,43)(H,34,40)(H,35,44)(H,36,37,41,45). The first-order valence-electron chi connectivity index (χ1n) is 14.6. The van der Waals surface area contributed by atoms with Gasteiger partial charge >= 0.3 is 5.69 Å². The van der Waals surface area contributed by atoms with Crippen LogP contribution < -0.4 is 32.7 Å². The van der Waals surface area contributed by atoms with Crippen molar-refractivity contribution in [3.8, 4) is 0 Å². The lowest BCUT2D eigenvalue weighted by atomic mass is 10.0. The smallest absolute Gasteiger partial charge is 0.351 e. The van der Waals surface area contributed by atoms with E-state index in [4.69, 9.17) is 10.5 Å². The third kappa shape index (κ3) is 9.84. The van der Waals surface area contributed by atoms with E-state index in [1.54, 1.807) is 30.3 Å². The van der Waals surface area contributed by atoms with Crippen LogP contribution in [0.25, 0.3) is 0 Å². The Bertz CT molecular complexity index is 1410. The number of nitrogens with zero attached hydrogens (tertiary/aromatic N) is 2. The Hall–Kier alpha value is -4.32. The quantitative estimate of drug-likeness (QED) is 0.124. The molecule has 15 nitrogen and oxygen atoms in total. The van der Waals surface area contributed by atoms with Crippen molar-refractivity contribution in [2.45, 2.75) is 69.6 Å². The number of aliphatic hydroxyl groups excluding tert-OH is 2. The van der Waals surface area contributed by atoms with Crippen LogP contribution in [0.2, 0.25) is 0 Å². The van der Waals surface area contributed by atoms with Crippen molar-refractivity contribution < 1.29 is 42.9 Å². The summed E-state index contributed by atoms with van der Waals surface area (Å²) in [6.45, 7) is 1.91. The Morgan fingerprint density at radius 3 is 2.33 bits per heavy atom. The fourth-order valence-electron chi connectivity index (χ4n) is 4.70. The summed E-state index contributed by atoms with van der Waals surface area (Å²) in [6, 6.07) is 7.92. The van der Waals surface area contributed by atoms with Crippen molar-refractivity contribution in [3.05, 3.63) is 58.6 Å². The van der Waals surface area contributed by atoms with Crippen LogP contribution in [-0.2, 0) is 30.3 Å². The van der Waals surface area contributed by atoms with Crippen molar-refractivity contribution in [1.82, 2.24) is 25.5 Å². The normalized spacial score (nSPS) is 22.4. The number of hydrogen-bond donors (Lipinski definition) is 7. The summed E-state index contributed by atoms with van der Waals surface area (Å²) in [7, 11) is 0. The molecule has 2 aromatic rings. The molecule has 7 unspecified atom stereocenters. The lowest BCUT2D eigenvalue weighted by molar-refractivity contribution is -0.220. The van der Waals surface area contributed by atoms with Crippen LogP contribution in [0, 0.1) is 5.92 Å². The molecule has 252 valence electrons.